The van der Waals surface area contributed by atoms with Crippen LogP contribution in [0.4, 0.5) is 5.69 Å². The van der Waals surface area contributed by atoms with E-state index in [1.807, 2.05) is 13.1 Å². The van der Waals surface area contributed by atoms with Crippen molar-refractivity contribution in [1.82, 2.24) is 9.88 Å². The highest BCUT2D eigenvalue weighted by atomic mass is 16.5. The minimum Gasteiger partial charge on any atom is -0.492 e. The molecule has 3 heterocycles. The van der Waals surface area contributed by atoms with Gasteiger partial charge in [0.25, 0.3) is 0 Å². The Kier molecular flexibility index (Phi) is 3.35. The molecule has 0 aliphatic carbocycles. The van der Waals surface area contributed by atoms with E-state index >= 15 is 0 Å². The summed E-state index contributed by atoms with van der Waals surface area (Å²) in [5.41, 5.74) is 1.60. The molecular formula is C15H23N3O. The first kappa shape index (κ1) is 12.7. The van der Waals surface area contributed by atoms with E-state index in [1.165, 1.54) is 31.5 Å². The SMILES string of the molecule is CCOc1cncc(N2CCC3(CCCN3C)C2)c1. The summed E-state index contributed by atoms with van der Waals surface area (Å²) in [7, 11) is 2.27. The number of likely N-dealkylation sites (N-methyl/N-ethyl adjacent to an activating group) is 1. The molecule has 2 fully saturated rings. The molecule has 19 heavy (non-hydrogen) atoms. The van der Waals surface area contributed by atoms with Gasteiger partial charge in [-0.3, -0.25) is 9.88 Å². The summed E-state index contributed by atoms with van der Waals surface area (Å²) >= 11 is 0. The Morgan fingerprint density at radius 1 is 1.32 bits per heavy atom. The van der Waals surface area contributed by atoms with Crippen molar-refractivity contribution in [2.75, 3.05) is 38.2 Å². The summed E-state index contributed by atoms with van der Waals surface area (Å²) in [5.74, 6) is 0.876. The van der Waals surface area contributed by atoms with Crippen molar-refractivity contribution >= 4 is 5.69 Å². The van der Waals surface area contributed by atoms with E-state index in [0.29, 0.717) is 12.1 Å². The molecule has 4 nitrogen and oxygen atoms in total. The van der Waals surface area contributed by atoms with E-state index in [9.17, 15) is 0 Å². The molecule has 0 N–H and O–H groups in total. The zero-order valence-corrected chi connectivity index (χ0v) is 11.9. The summed E-state index contributed by atoms with van der Waals surface area (Å²) < 4.78 is 5.54. The van der Waals surface area contributed by atoms with Crippen molar-refractivity contribution in [1.29, 1.82) is 0 Å². The number of ether oxygens (including phenoxy) is 1. The van der Waals surface area contributed by atoms with E-state index in [4.69, 9.17) is 4.74 Å². The third kappa shape index (κ3) is 2.29. The van der Waals surface area contributed by atoms with Crippen LogP contribution in [0.1, 0.15) is 26.2 Å². The second-order valence-corrected chi connectivity index (χ2v) is 5.73. The summed E-state index contributed by atoms with van der Waals surface area (Å²) in [6, 6.07) is 2.12. The van der Waals surface area contributed by atoms with Gasteiger partial charge in [-0.25, -0.2) is 0 Å². The highest BCUT2D eigenvalue weighted by molar-refractivity contribution is 5.50. The van der Waals surface area contributed by atoms with Gasteiger partial charge in [-0.1, -0.05) is 0 Å². The zero-order valence-electron chi connectivity index (χ0n) is 11.9. The van der Waals surface area contributed by atoms with E-state index in [2.05, 4.69) is 27.9 Å². The van der Waals surface area contributed by atoms with E-state index in [-0.39, 0.29) is 0 Å². The first-order chi connectivity index (χ1) is 9.23. The first-order valence-electron chi connectivity index (χ1n) is 7.27. The zero-order chi connectivity index (χ0) is 13.3. The van der Waals surface area contributed by atoms with E-state index in [0.717, 1.165) is 18.8 Å². The molecule has 2 aliphatic heterocycles. The molecule has 2 aliphatic rings. The normalized spacial score (nSPS) is 27.4. The molecule has 104 valence electrons. The van der Waals surface area contributed by atoms with Gasteiger partial charge >= 0.3 is 0 Å². The third-order valence-corrected chi connectivity index (χ3v) is 4.65. The van der Waals surface area contributed by atoms with Crippen molar-refractivity contribution in [2.24, 2.45) is 0 Å². The number of pyridine rings is 1. The lowest BCUT2D eigenvalue weighted by Gasteiger charge is -2.32. The number of rotatable bonds is 3. The molecule has 0 radical (unpaired) electrons. The van der Waals surface area contributed by atoms with Crippen LogP contribution >= 0.6 is 0 Å². The predicted molar refractivity (Wildman–Crippen MR) is 76.8 cm³/mol. The fourth-order valence-electron chi connectivity index (χ4n) is 3.49. The van der Waals surface area contributed by atoms with Gasteiger partial charge in [0.1, 0.15) is 5.75 Å². The second kappa shape index (κ2) is 5.00. The van der Waals surface area contributed by atoms with Crippen molar-refractivity contribution in [2.45, 2.75) is 31.7 Å². The van der Waals surface area contributed by atoms with Gasteiger partial charge < -0.3 is 9.64 Å². The molecular weight excluding hydrogens is 238 g/mol. The maximum absolute atomic E-state index is 5.54. The smallest absolute Gasteiger partial charge is 0.139 e. The monoisotopic (exact) mass is 261 g/mol. The van der Waals surface area contributed by atoms with Crippen LogP contribution in [-0.4, -0.2) is 48.7 Å². The first-order valence-corrected chi connectivity index (χ1v) is 7.27. The molecule has 4 heteroatoms. The molecule has 1 aromatic rings. The Morgan fingerprint density at radius 3 is 2.95 bits per heavy atom. The maximum atomic E-state index is 5.54. The number of likely N-dealkylation sites (tertiary alicyclic amines) is 1. The Hall–Kier alpha value is -1.29. The molecule has 0 amide bonds. The van der Waals surface area contributed by atoms with Gasteiger partial charge in [0.15, 0.2) is 0 Å². The summed E-state index contributed by atoms with van der Waals surface area (Å²) in [5, 5.41) is 0. The fourth-order valence-corrected chi connectivity index (χ4v) is 3.49. The Morgan fingerprint density at radius 2 is 2.21 bits per heavy atom. The highest BCUT2D eigenvalue weighted by Crippen LogP contribution is 2.38. The van der Waals surface area contributed by atoms with Crippen LogP contribution < -0.4 is 9.64 Å². The maximum Gasteiger partial charge on any atom is 0.139 e. The van der Waals surface area contributed by atoms with Crippen molar-refractivity contribution in [3.8, 4) is 5.75 Å². The third-order valence-electron chi connectivity index (χ3n) is 4.65. The molecule has 1 aromatic heterocycles. The molecule has 2 saturated heterocycles. The van der Waals surface area contributed by atoms with Crippen LogP contribution in [0.25, 0.3) is 0 Å². The van der Waals surface area contributed by atoms with Crippen molar-refractivity contribution in [3.63, 3.8) is 0 Å². The van der Waals surface area contributed by atoms with Crippen molar-refractivity contribution in [3.05, 3.63) is 18.5 Å². The predicted octanol–water partition coefficient (Wildman–Crippen LogP) is 2.15. The van der Waals surface area contributed by atoms with Crippen LogP contribution in [0, 0.1) is 0 Å². The highest BCUT2D eigenvalue weighted by Gasteiger charge is 2.44. The quantitative estimate of drug-likeness (QED) is 0.833. The number of nitrogens with zero attached hydrogens (tertiary/aromatic N) is 3. The minimum absolute atomic E-state index is 0.404. The minimum atomic E-state index is 0.404. The van der Waals surface area contributed by atoms with Gasteiger partial charge in [-0.2, -0.15) is 0 Å². The summed E-state index contributed by atoms with van der Waals surface area (Å²) in [4.78, 5) is 9.31. The van der Waals surface area contributed by atoms with Crippen LogP contribution in [0.15, 0.2) is 18.5 Å². The lowest BCUT2D eigenvalue weighted by atomic mass is 9.96. The average Bonchev–Trinajstić information content (AvgIpc) is 3.00. The number of aromatic nitrogens is 1. The molecule has 1 spiro atoms. The summed E-state index contributed by atoms with van der Waals surface area (Å²) in [6.45, 7) is 6.19. The van der Waals surface area contributed by atoms with Crippen LogP contribution in [-0.2, 0) is 0 Å². The molecule has 0 aromatic carbocycles. The number of hydrogen-bond acceptors (Lipinski definition) is 4. The second-order valence-electron chi connectivity index (χ2n) is 5.73. The Labute approximate surface area is 115 Å². The lowest BCUT2D eigenvalue weighted by Crippen LogP contribution is -2.43. The van der Waals surface area contributed by atoms with Gasteiger partial charge in [-0.15, -0.1) is 0 Å². The standard InChI is InChI=1S/C15H23N3O/c1-3-19-14-9-13(10-16-11-14)18-8-6-15(12-18)5-4-7-17(15)2/h9-11H,3-8,12H2,1-2H3. The van der Waals surface area contributed by atoms with E-state index < -0.39 is 0 Å². The Balaban J connectivity index is 1.75. The van der Waals surface area contributed by atoms with Gasteiger partial charge in [0, 0.05) is 24.7 Å². The lowest BCUT2D eigenvalue weighted by molar-refractivity contribution is 0.198. The summed E-state index contributed by atoms with van der Waals surface area (Å²) in [6.07, 6.45) is 7.68. The van der Waals surface area contributed by atoms with Gasteiger partial charge in [0.2, 0.25) is 0 Å². The topological polar surface area (TPSA) is 28.6 Å². The fraction of sp³-hybridized carbons (Fsp3) is 0.667. The van der Waals surface area contributed by atoms with Gasteiger partial charge in [-0.05, 0) is 39.8 Å². The molecule has 1 atom stereocenters. The molecule has 0 bridgehead atoms. The van der Waals surface area contributed by atoms with Crippen LogP contribution in [0.5, 0.6) is 5.75 Å². The van der Waals surface area contributed by atoms with Crippen LogP contribution in [0.2, 0.25) is 0 Å². The Bertz CT molecular complexity index is 451. The largest absolute Gasteiger partial charge is 0.492 e. The molecule has 0 saturated carbocycles. The van der Waals surface area contributed by atoms with Crippen LogP contribution in [0.3, 0.4) is 0 Å². The average molecular weight is 261 g/mol. The van der Waals surface area contributed by atoms with Gasteiger partial charge in [0.05, 0.1) is 24.7 Å². The molecule has 1 unspecified atom stereocenters. The molecule has 3 rings (SSSR count). The number of anilines is 1. The number of hydrogen-bond donors (Lipinski definition) is 0. The van der Waals surface area contributed by atoms with Crippen molar-refractivity contribution < 1.29 is 4.74 Å². The van der Waals surface area contributed by atoms with E-state index in [1.54, 1.807) is 6.20 Å².